The third-order valence-corrected chi connectivity index (χ3v) is 6.57. The maximum Gasteiger partial charge on any atom is 0.265 e. The number of sulfonamides is 1. The van der Waals surface area contributed by atoms with E-state index in [9.17, 15) is 13.2 Å². The lowest BCUT2D eigenvalue weighted by Gasteiger charge is -2.26. The summed E-state index contributed by atoms with van der Waals surface area (Å²) in [5, 5.41) is 2.79. The molecule has 1 atom stereocenters. The first-order valence-electron chi connectivity index (χ1n) is 9.62. The number of aryl methyl sites for hydroxylation is 1. The number of ether oxygens (including phenoxy) is 2. The van der Waals surface area contributed by atoms with Gasteiger partial charge in [-0.25, -0.2) is 8.42 Å². The van der Waals surface area contributed by atoms with Gasteiger partial charge in [-0.1, -0.05) is 19.1 Å². The predicted octanol–water partition coefficient (Wildman–Crippen LogP) is 2.81. The van der Waals surface area contributed by atoms with Gasteiger partial charge in [0.1, 0.15) is 5.75 Å². The zero-order valence-electron chi connectivity index (χ0n) is 16.6. The summed E-state index contributed by atoms with van der Waals surface area (Å²) in [7, 11) is -3.56. The van der Waals surface area contributed by atoms with Gasteiger partial charge in [-0.05, 0) is 55.3 Å². The van der Waals surface area contributed by atoms with Crippen molar-refractivity contribution in [2.75, 3.05) is 31.6 Å². The zero-order chi connectivity index (χ0) is 20.9. The summed E-state index contributed by atoms with van der Waals surface area (Å²) in [5.74, 6) is 0.358. The maximum absolute atomic E-state index is 12.7. The Morgan fingerprint density at radius 2 is 1.86 bits per heavy atom. The average molecular weight is 419 g/mol. The van der Waals surface area contributed by atoms with Crippen LogP contribution >= 0.6 is 0 Å². The van der Waals surface area contributed by atoms with Crippen LogP contribution in [0.1, 0.15) is 18.9 Å². The van der Waals surface area contributed by atoms with Gasteiger partial charge in [-0.2, -0.15) is 4.31 Å². The highest BCUT2D eigenvalue weighted by atomic mass is 32.2. The molecule has 1 amide bonds. The van der Waals surface area contributed by atoms with Crippen LogP contribution in [0, 0.1) is 6.92 Å². The molecule has 0 aliphatic carbocycles. The number of rotatable bonds is 7. The van der Waals surface area contributed by atoms with E-state index in [2.05, 4.69) is 5.32 Å². The fourth-order valence-electron chi connectivity index (χ4n) is 3.04. The number of nitrogens with one attached hydrogen (secondary N) is 1. The third kappa shape index (κ3) is 5.35. The fraction of sp³-hybridized carbons (Fsp3) is 0.381. The minimum absolute atomic E-state index is 0.195. The van der Waals surface area contributed by atoms with Crippen LogP contribution in [0.3, 0.4) is 0 Å². The minimum Gasteiger partial charge on any atom is -0.481 e. The molecule has 156 valence electrons. The molecule has 0 aromatic heterocycles. The summed E-state index contributed by atoms with van der Waals surface area (Å²) >= 11 is 0. The molecule has 2 aromatic carbocycles. The van der Waals surface area contributed by atoms with Crippen molar-refractivity contribution in [3.63, 3.8) is 0 Å². The second-order valence-corrected chi connectivity index (χ2v) is 8.80. The molecule has 3 rings (SSSR count). The van der Waals surface area contributed by atoms with Crippen LogP contribution < -0.4 is 10.1 Å². The number of morpholine rings is 1. The molecule has 0 spiro atoms. The van der Waals surface area contributed by atoms with Crippen LogP contribution in [0.5, 0.6) is 5.75 Å². The molecule has 1 N–H and O–H groups in total. The van der Waals surface area contributed by atoms with Gasteiger partial charge in [0.25, 0.3) is 5.91 Å². The average Bonchev–Trinajstić information content (AvgIpc) is 2.73. The fourth-order valence-corrected chi connectivity index (χ4v) is 4.45. The molecule has 1 aliphatic heterocycles. The summed E-state index contributed by atoms with van der Waals surface area (Å²) in [5.41, 5.74) is 1.57. The van der Waals surface area contributed by atoms with Gasteiger partial charge in [0, 0.05) is 18.8 Å². The maximum atomic E-state index is 12.7. The van der Waals surface area contributed by atoms with Gasteiger partial charge in [0.2, 0.25) is 10.0 Å². The number of carbonyl (C=O) groups excluding carboxylic acids is 1. The normalized spacial score (nSPS) is 16.2. The van der Waals surface area contributed by atoms with Crippen molar-refractivity contribution < 1.29 is 22.7 Å². The van der Waals surface area contributed by atoms with Gasteiger partial charge < -0.3 is 14.8 Å². The Balaban J connectivity index is 1.65. The smallest absolute Gasteiger partial charge is 0.265 e. The van der Waals surface area contributed by atoms with Crippen LogP contribution in [-0.2, 0) is 19.6 Å². The lowest BCUT2D eigenvalue weighted by atomic mass is 10.2. The summed E-state index contributed by atoms with van der Waals surface area (Å²) in [6.45, 7) is 5.31. The number of amides is 1. The van der Waals surface area contributed by atoms with Crippen molar-refractivity contribution in [2.45, 2.75) is 31.3 Å². The molecular formula is C21H26N2O5S. The van der Waals surface area contributed by atoms with E-state index in [1.54, 1.807) is 12.1 Å². The first-order valence-corrected chi connectivity index (χ1v) is 11.1. The number of hydrogen-bond donors (Lipinski definition) is 1. The second-order valence-electron chi connectivity index (χ2n) is 6.86. The van der Waals surface area contributed by atoms with Crippen molar-refractivity contribution >= 4 is 21.6 Å². The summed E-state index contributed by atoms with van der Waals surface area (Å²) < 4.78 is 37.8. The van der Waals surface area contributed by atoms with Crippen molar-refractivity contribution in [3.05, 3.63) is 54.1 Å². The topological polar surface area (TPSA) is 84.9 Å². The number of nitrogens with zero attached hydrogens (tertiary/aromatic N) is 1. The van der Waals surface area contributed by atoms with E-state index in [0.717, 1.165) is 5.56 Å². The molecule has 0 unspecified atom stereocenters. The van der Waals surface area contributed by atoms with E-state index in [1.165, 1.54) is 16.4 Å². The Bertz CT molecular complexity index is 938. The Morgan fingerprint density at radius 3 is 2.48 bits per heavy atom. The Kier molecular flexibility index (Phi) is 6.89. The highest BCUT2D eigenvalue weighted by molar-refractivity contribution is 7.89. The van der Waals surface area contributed by atoms with E-state index in [0.29, 0.717) is 44.2 Å². The van der Waals surface area contributed by atoms with E-state index in [-0.39, 0.29) is 10.8 Å². The molecule has 1 aliphatic rings. The first kappa shape index (κ1) is 21.3. The van der Waals surface area contributed by atoms with E-state index >= 15 is 0 Å². The molecular weight excluding hydrogens is 392 g/mol. The van der Waals surface area contributed by atoms with Crippen molar-refractivity contribution in [2.24, 2.45) is 0 Å². The quantitative estimate of drug-likeness (QED) is 0.747. The molecule has 8 heteroatoms. The van der Waals surface area contributed by atoms with Gasteiger partial charge in [-0.15, -0.1) is 0 Å². The predicted molar refractivity (Wildman–Crippen MR) is 111 cm³/mol. The van der Waals surface area contributed by atoms with Crippen LogP contribution in [0.15, 0.2) is 53.4 Å². The summed E-state index contributed by atoms with van der Waals surface area (Å²) in [4.78, 5) is 12.8. The molecule has 1 saturated heterocycles. The van der Waals surface area contributed by atoms with Gasteiger partial charge in [0.05, 0.1) is 18.1 Å². The number of anilines is 1. The summed E-state index contributed by atoms with van der Waals surface area (Å²) in [6.07, 6.45) is -0.142. The highest BCUT2D eigenvalue weighted by Gasteiger charge is 2.26. The van der Waals surface area contributed by atoms with Gasteiger partial charge in [0.15, 0.2) is 6.10 Å². The molecule has 0 bridgehead atoms. The van der Waals surface area contributed by atoms with Crippen LogP contribution in [0.2, 0.25) is 0 Å². The monoisotopic (exact) mass is 418 g/mol. The molecule has 1 fully saturated rings. The minimum atomic E-state index is -3.56. The largest absolute Gasteiger partial charge is 0.481 e. The van der Waals surface area contributed by atoms with Crippen molar-refractivity contribution in [1.29, 1.82) is 0 Å². The van der Waals surface area contributed by atoms with Crippen LogP contribution in [0.25, 0.3) is 0 Å². The zero-order valence-corrected chi connectivity index (χ0v) is 17.4. The van der Waals surface area contributed by atoms with Gasteiger partial charge >= 0.3 is 0 Å². The molecule has 1 heterocycles. The third-order valence-electron chi connectivity index (χ3n) is 4.66. The molecule has 2 aromatic rings. The number of hydrogen-bond acceptors (Lipinski definition) is 5. The van der Waals surface area contributed by atoms with Crippen molar-refractivity contribution in [1.82, 2.24) is 4.31 Å². The SMILES string of the molecule is CC[C@H](Oc1cccc(C)c1)C(=O)Nc1ccc(S(=O)(=O)N2CCOCC2)cc1. The van der Waals surface area contributed by atoms with E-state index in [1.807, 2.05) is 38.1 Å². The first-order chi connectivity index (χ1) is 13.9. The molecule has 29 heavy (non-hydrogen) atoms. The molecule has 0 saturated carbocycles. The highest BCUT2D eigenvalue weighted by Crippen LogP contribution is 2.20. The molecule has 0 radical (unpaired) electrons. The summed E-state index contributed by atoms with van der Waals surface area (Å²) in [6, 6.07) is 13.7. The standard InChI is InChI=1S/C21H26N2O5S/c1-3-20(28-18-6-4-5-16(2)15-18)21(24)22-17-7-9-19(10-8-17)29(25,26)23-11-13-27-14-12-23/h4-10,15,20H,3,11-14H2,1-2H3,(H,22,24)/t20-/m0/s1. The van der Waals surface area contributed by atoms with Crippen LogP contribution in [-0.4, -0.2) is 51.0 Å². The van der Waals surface area contributed by atoms with Crippen molar-refractivity contribution in [3.8, 4) is 5.75 Å². The van der Waals surface area contributed by atoms with Crippen LogP contribution in [0.4, 0.5) is 5.69 Å². The Morgan fingerprint density at radius 1 is 1.17 bits per heavy atom. The molecule has 7 nitrogen and oxygen atoms in total. The number of benzene rings is 2. The lowest BCUT2D eigenvalue weighted by molar-refractivity contribution is -0.122. The number of carbonyl (C=O) groups is 1. The second kappa shape index (κ2) is 9.39. The van der Waals surface area contributed by atoms with E-state index < -0.39 is 16.1 Å². The Labute approximate surface area is 171 Å². The lowest BCUT2D eigenvalue weighted by Crippen LogP contribution is -2.40. The van der Waals surface area contributed by atoms with E-state index in [4.69, 9.17) is 9.47 Å². The Hall–Kier alpha value is -2.42. The van der Waals surface area contributed by atoms with Gasteiger partial charge in [-0.3, -0.25) is 4.79 Å².